The van der Waals surface area contributed by atoms with Crippen LogP contribution in [0.5, 0.6) is 0 Å². The maximum atomic E-state index is 5.44. The van der Waals surface area contributed by atoms with Gasteiger partial charge in [-0.2, -0.15) is 5.10 Å². The first-order valence-electron chi connectivity index (χ1n) is 6.30. The molecule has 2 heterocycles. The molecule has 2 aromatic rings. The zero-order valence-corrected chi connectivity index (χ0v) is 12.2. The lowest BCUT2D eigenvalue weighted by Gasteiger charge is -2.17. The van der Waals surface area contributed by atoms with Crippen molar-refractivity contribution in [1.29, 1.82) is 0 Å². The smallest absolute Gasteiger partial charge is 0.179 e. The van der Waals surface area contributed by atoms with E-state index in [0.29, 0.717) is 6.61 Å². The lowest BCUT2D eigenvalue weighted by molar-refractivity contribution is 0.153. The van der Waals surface area contributed by atoms with Crippen molar-refractivity contribution in [2.24, 2.45) is 0 Å². The SMILES string of the molecule is CCC(COC)n1c(=S)[nH]c2c(C)nn(CC)c21. The minimum Gasteiger partial charge on any atom is -0.383 e. The maximum absolute atomic E-state index is 5.44. The van der Waals surface area contributed by atoms with E-state index in [1.807, 2.05) is 11.6 Å². The number of aromatic amines is 1. The van der Waals surface area contributed by atoms with E-state index in [1.54, 1.807) is 7.11 Å². The van der Waals surface area contributed by atoms with Crippen molar-refractivity contribution in [2.75, 3.05) is 13.7 Å². The number of H-pyrrole nitrogens is 1. The second-order valence-corrected chi connectivity index (χ2v) is 4.80. The molecule has 0 radical (unpaired) electrons. The fraction of sp³-hybridized carbons (Fsp3) is 0.667. The van der Waals surface area contributed by atoms with E-state index < -0.39 is 0 Å². The largest absolute Gasteiger partial charge is 0.383 e. The Kier molecular flexibility index (Phi) is 3.87. The molecule has 6 heteroatoms. The quantitative estimate of drug-likeness (QED) is 0.848. The molecule has 100 valence electrons. The van der Waals surface area contributed by atoms with Gasteiger partial charge in [-0.05, 0) is 32.5 Å². The number of hydrogen-bond acceptors (Lipinski definition) is 3. The predicted octanol–water partition coefficient (Wildman–Crippen LogP) is 2.82. The molecule has 0 aliphatic carbocycles. The summed E-state index contributed by atoms with van der Waals surface area (Å²) in [6, 6.07) is 0.248. The van der Waals surface area contributed by atoms with Gasteiger partial charge in [-0.15, -0.1) is 0 Å². The second-order valence-electron chi connectivity index (χ2n) is 4.42. The van der Waals surface area contributed by atoms with Crippen LogP contribution in [0.2, 0.25) is 0 Å². The molecule has 0 saturated heterocycles. The number of nitrogens with zero attached hydrogens (tertiary/aromatic N) is 3. The van der Waals surface area contributed by atoms with Crippen LogP contribution in [0, 0.1) is 11.7 Å². The summed E-state index contributed by atoms with van der Waals surface area (Å²) in [7, 11) is 1.72. The van der Waals surface area contributed by atoms with Gasteiger partial charge in [0.2, 0.25) is 0 Å². The molecule has 0 fully saturated rings. The van der Waals surface area contributed by atoms with Crippen LogP contribution in [0.3, 0.4) is 0 Å². The highest BCUT2D eigenvalue weighted by atomic mass is 32.1. The summed E-state index contributed by atoms with van der Waals surface area (Å²) < 4.78 is 10.2. The summed E-state index contributed by atoms with van der Waals surface area (Å²) in [4.78, 5) is 3.26. The molecule has 0 amide bonds. The monoisotopic (exact) mass is 268 g/mol. The van der Waals surface area contributed by atoms with Crippen molar-refractivity contribution in [1.82, 2.24) is 19.3 Å². The lowest BCUT2D eigenvalue weighted by Crippen LogP contribution is -2.16. The molecule has 2 aromatic heterocycles. The molecular weight excluding hydrogens is 248 g/mol. The Morgan fingerprint density at radius 3 is 2.72 bits per heavy atom. The average molecular weight is 268 g/mol. The number of imidazole rings is 1. The molecule has 18 heavy (non-hydrogen) atoms. The summed E-state index contributed by atoms with van der Waals surface area (Å²) in [6.07, 6.45) is 0.975. The average Bonchev–Trinajstić information content (AvgIpc) is 2.84. The number of hydrogen-bond donors (Lipinski definition) is 1. The maximum Gasteiger partial charge on any atom is 0.179 e. The van der Waals surface area contributed by atoms with E-state index in [1.165, 1.54) is 0 Å². The third-order valence-corrected chi connectivity index (χ3v) is 3.57. The summed E-state index contributed by atoms with van der Waals surface area (Å²) in [5.74, 6) is 0. The van der Waals surface area contributed by atoms with E-state index in [-0.39, 0.29) is 6.04 Å². The van der Waals surface area contributed by atoms with Gasteiger partial charge >= 0.3 is 0 Å². The van der Waals surface area contributed by atoms with Crippen LogP contribution < -0.4 is 0 Å². The summed E-state index contributed by atoms with van der Waals surface area (Å²) in [5, 5.41) is 4.52. The molecule has 0 saturated carbocycles. The topological polar surface area (TPSA) is 47.8 Å². The van der Waals surface area contributed by atoms with Crippen LogP contribution in [0.25, 0.3) is 11.2 Å². The van der Waals surface area contributed by atoms with E-state index in [2.05, 4.69) is 28.5 Å². The number of rotatable bonds is 5. The van der Waals surface area contributed by atoms with Crippen LogP contribution in [0.4, 0.5) is 0 Å². The highest BCUT2D eigenvalue weighted by Gasteiger charge is 2.19. The molecule has 0 aliphatic rings. The summed E-state index contributed by atoms with van der Waals surface area (Å²) >= 11 is 5.44. The van der Waals surface area contributed by atoms with Gasteiger partial charge in [0.25, 0.3) is 0 Å². The number of methoxy groups -OCH3 is 1. The lowest BCUT2D eigenvalue weighted by atomic mass is 10.2. The minimum absolute atomic E-state index is 0.248. The third-order valence-electron chi connectivity index (χ3n) is 3.27. The van der Waals surface area contributed by atoms with Crippen molar-refractivity contribution in [3.63, 3.8) is 0 Å². The zero-order chi connectivity index (χ0) is 13.3. The molecule has 1 unspecified atom stereocenters. The van der Waals surface area contributed by atoms with Gasteiger partial charge in [0.15, 0.2) is 10.4 Å². The Hall–Kier alpha value is -1.14. The van der Waals surface area contributed by atoms with Gasteiger partial charge in [0.1, 0.15) is 5.52 Å². The van der Waals surface area contributed by atoms with Gasteiger partial charge < -0.3 is 9.72 Å². The molecule has 1 N–H and O–H groups in total. The van der Waals surface area contributed by atoms with Crippen LogP contribution in [-0.4, -0.2) is 33.0 Å². The van der Waals surface area contributed by atoms with Crippen molar-refractivity contribution < 1.29 is 4.74 Å². The van der Waals surface area contributed by atoms with E-state index >= 15 is 0 Å². The molecule has 0 aliphatic heterocycles. The van der Waals surface area contributed by atoms with E-state index in [4.69, 9.17) is 17.0 Å². The zero-order valence-electron chi connectivity index (χ0n) is 11.4. The molecule has 0 spiro atoms. The number of ether oxygens (including phenoxy) is 1. The molecule has 2 rings (SSSR count). The van der Waals surface area contributed by atoms with Gasteiger partial charge in [-0.25, -0.2) is 4.68 Å². The standard InChI is InChI=1S/C12H20N4OS/c1-5-9(7-17-4)16-11-10(13-12(16)18)8(3)14-15(11)6-2/h9H,5-7H2,1-4H3,(H,13,18). The first kappa shape index (κ1) is 13.3. The third kappa shape index (κ3) is 1.99. The number of aryl methyl sites for hydroxylation is 2. The van der Waals surface area contributed by atoms with E-state index in [0.717, 1.165) is 34.6 Å². The Balaban J connectivity index is 2.68. The van der Waals surface area contributed by atoms with Crippen LogP contribution in [0.15, 0.2) is 0 Å². The Morgan fingerprint density at radius 1 is 1.44 bits per heavy atom. The van der Waals surface area contributed by atoms with Crippen molar-refractivity contribution in [3.05, 3.63) is 10.5 Å². The fourth-order valence-electron chi connectivity index (χ4n) is 2.35. The normalized spacial score (nSPS) is 13.3. The molecule has 0 aromatic carbocycles. The first-order valence-corrected chi connectivity index (χ1v) is 6.71. The van der Waals surface area contributed by atoms with Crippen LogP contribution in [0.1, 0.15) is 32.0 Å². The van der Waals surface area contributed by atoms with Crippen LogP contribution >= 0.6 is 12.2 Å². The van der Waals surface area contributed by atoms with Crippen molar-refractivity contribution in [3.8, 4) is 0 Å². The molecule has 0 bridgehead atoms. The van der Waals surface area contributed by atoms with Gasteiger partial charge in [0, 0.05) is 13.7 Å². The van der Waals surface area contributed by atoms with Gasteiger partial charge in [-0.1, -0.05) is 6.92 Å². The fourth-order valence-corrected chi connectivity index (χ4v) is 2.69. The van der Waals surface area contributed by atoms with Gasteiger partial charge in [-0.3, -0.25) is 4.57 Å². The number of nitrogens with one attached hydrogen (secondary N) is 1. The highest BCUT2D eigenvalue weighted by molar-refractivity contribution is 7.71. The van der Waals surface area contributed by atoms with Crippen LogP contribution in [-0.2, 0) is 11.3 Å². The minimum atomic E-state index is 0.248. The highest BCUT2D eigenvalue weighted by Crippen LogP contribution is 2.23. The number of aromatic nitrogens is 4. The first-order chi connectivity index (χ1) is 8.63. The van der Waals surface area contributed by atoms with Crippen molar-refractivity contribution in [2.45, 2.75) is 39.8 Å². The molecule has 5 nitrogen and oxygen atoms in total. The van der Waals surface area contributed by atoms with Crippen molar-refractivity contribution >= 4 is 23.4 Å². The predicted molar refractivity (Wildman–Crippen MR) is 74.5 cm³/mol. The molecule has 1 atom stereocenters. The molecular formula is C12H20N4OS. The Bertz CT molecular complexity index is 595. The Labute approximate surface area is 112 Å². The summed E-state index contributed by atoms with van der Waals surface area (Å²) in [6.45, 7) is 7.72. The number of fused-ring (bicyclic) bond motifs is 1. The van der Waals surface area contributed by atoms with E-state index in [9.17, 15) is 0 Å². The second kappa shape index (κ2) is 5.24. The van der Waals surface area contributed by atoms with Gasteiger partial charge in [0.05, 0.1) is 18.3 Å². The summed E-state index contributed by atoms with van der Waals surface area (Å²) in [5.41, 5.74) is 3.10. The Morgan fingerprint density at radius 2 is 2.17 bits per heavy atom.